The molecule has 8 nitrogen and oxygen atoms in total. The molecule has 0 heterocycles. The van der Waals surface area contributed by atoms with E-state index in [1.165, 1.54) is 0 Å². The molecule has 3 N–H and O–H groups in total. The minimum absolute atomic E-state index is 0.332. The quantitative estimate of drug-likeness (QED) is 0.288. The average Bonchev–Trinajstić information content (AvgIpc) is 2.20. The Bertz CT molecular complexity index is 470. The summed E-state index contributed by atoms with van der Waals surface area (Å²) in [5.41, 5.74) is -0.708. The lowest BCUT2D eigenvalue weighted by atomic mass is 10.2. The first kappa shape index (κ1) is 11.4. The fourth-order valence-corrected chi connectivity index (χ4v) is 0.913. The lowest BCUT2D eigenvalue weighted by Crippen LogP contribution is -2.21. The molecule has 0 aliphatic rings. The van der Waals surface area contributed by atoms with Gasteiger partial charge in [0.15, 0.2) is 0 Å². The van der Waals surface area contributed by atoms with Crippen LogP contribution in [-0.4, -0.2) is 27.0 Å². The Hall–Kier alpha value is -2.64. The van der Waals surface area contributed by atoms with Gasteiger partial charge in [0.2, 0.25) is 0 Å². The maximum atomic E-state index is 10.8. The van der Waals surface area contributed by atoms with E-state index in [1.807, 2.05) is 5.32 Å². The van der Waals surface area contributed by atoms with Crippen LogP contribution in [0.1, 0.15) is 0 Å². The number of hydrogen-bond donors (Lipinski definition) is 3. The Kier molecular flexibility index (Phi) is 3.04. The molecule has 0 aliphatic heterocycles. The van der Waals surface area contributed by atoms with Gasteiger partial charge in [-0.15, -0.1) is 0 Å². The predicted molar refractivity (Wildman–Crippen MR) is 51.0 cm³/mol. The lowest BCUT2D eigenvalue weighted by molar-refractivity contribution is -0.384. The monoisotopic (exact) mass is 226 g/mol. The van der Waals surface area contributed by atoms with Crippen LogP contribution in [0.2, 0.25) is 0 Å². The molecule has 0 aromatic heterocycles. The van der Waals surface area contributed by atoms with Crippen molar-refractivity contribution < 1.29 is 24.7 Å². The second-order valence-corrected chi connectivity index (χ2v) is 2.72. The van der Waals surface area contributed by atoms with E-state index in [9.17, 15) is 24.8 Å². The van der Waals surface area contributed by atoms with Gasteiger partial charge in [0.1, 0.15) is 5.75 Å². The number of non-ortho nitro benzene ring substituents is 1. The van der Waals surface area contributed by atoms with E-state index in [0.717, 1.165) is 18.2 Å². The summed E-state index contributed by atoms with van der Waals surface area (Å²) in [6, 6.07) is 2.86. The second kappa shape index (κ2) is 4.26. The van der Waals surface area contributed by atoms with Crippen LogP contribution in [-0.2, 0) is 9.59 Å². The lowest BCUT2D eigenvalue weighted by Gasteiger charge is -2.04. The number of nitro benzene ring substituents is 1. The van der Waals surface area contributed by atoms with E-state index in [4.69, 9.17) is 5.11 Å². The van der Waals surface area contributed by atoms with Crippen LogP contribution < -0.4 is 5.32 Å². The summed E-state index contributed by atoms with van der Waals surface area (Å²) < 4.78 is 0. The molecular weight excluding hydrogens is 220 g/mol. The third kappa shape index (κ3) is 2.44. The van der Waals surface area contributed by atoms with Gasteiger partial charge >= 0.3 is 11.9 Å². The molecule has 0 bridgehead atoms. The number of hydrogen-bond acceptors (Lipinski definition) is 5. The minimum Gasteiger partial charge on any atom is -0.506 e. The normalized spacial score (nSPS) is 9.50. The smallest absolute Gasteiger partial charge is 0.394 e. The van der Waals surface area contributed by atoms with Gasteiger partial charge in [-0.05, 0) is 6.07 Å². The Morgan fingerprint density at radius 2 is 2.00 bits per heavy atom. The highest BCUT2D eigenvalue weighted by atomic mass is 16.6. The molecule has 1 rings (SSSR count). The van der Waals surface area contributed by atoms with Crippen LogP contribution in [0.15, 0.2) is 18.2 Å². The SMILES string of the molecule is O=C(O)C(=O)Nc1cc([N+](=O)[O-])ccc1O. The molecule has 0 radical (unpaired) electrons. The van der Waals surface area contributed by atoms with Crippen LogP contribution in [0.3, 0.4) is 0 Å². The van der Waals surface area contributed by atoms with E-state index in [1.54, 1.807) is 0 Å². The topological polar surface area (TPSA) is 130 Å². The number of nitro groups is 1. The van der Waals surface area contributed by atoms with Crippen molar-refractivity contribution in [3.05, 3.63) is 28.3 Å². The summed E-state index contributed by atoms with van der Waals surface area (Å²) in [6.45, 7) is 0. The van der Waals surface area contributed by atoms with Gasteiger partial charge in [0, 0.05) is 12.1 Å². The van der Waals surface area contributed by atoms with Crippen molar-refractivity contribution in [2.24, 2.45) is 0 Å². The molecule has 84 valence electrons. The van der Waals surface area contributed by atoms with Gasteiger partial charge in [-0.25, -0.2) is 4.79 Å². The largest absolute Gasteiger partial charge is 0.506 e. The van der Waals surface area contributed by atoms with Crippen molar-refractivity contribution in [1.29, 1.82) is 0 Å². The molecule has 1 amide bonds. The van der Waals surface area contributed by atoms with Crippen molar-refractivity contribution in [3.63, 3.8) is 0 Å². The molecule has 0 unspecified atom stereocenters. The highest BCUT2D eigenvalue weighted by Crippen LogP contribution is 2.27. The molecule has 1 aromatic carbocycles. The zero-order chi connectivity index (χ0) is 12.3. The van der Waals surface area contributed by atoms with Crippen molar-refractivity contribution in [3.8, 4) is 5.75 Å². The zero-order valence-electron chi connectivity index (χ0n) is 7.71. The van der Waals surface area contributed by atoms with E-state index in [2.05, 4.69) is 0 Å². The van der Waals surface area contributed by atoms with Gasteiger partial charge < -0.3 is 15.5 Å². The number of rotatable bonds is 2. The number of carbonyl (C=O) groups excluding carboxylic acids is 1. The van der Waals surface area contributed by atoms with Crippen molar-refractivity contribution in [1.82, 2.24) is 0 Å². The maximum Gasteiger partial charge on any atom is 0.394 e. The van der Waals surface area contributed by atoms with Crippen molar-refractivity contribution in [2.75, 3.05) is 5.32 Å². The minimum atomic E-state index is -1.76. The molecule has 1 aromatic rings. The summed E-state index contributed by atoms with van der Waals surface area (Å²) >= 11 is 0. The fourth-order valence-electron chi connectivity index (χ4n) is 0.913. The number of phenolic OH excluding ortho intramolecular Hbond substituents is 1. The highest BCUT2D eigenvalue weighted by Gasteiger charge is 2.16. The van der Waals surface area contributed by atoms with Gasteiger partial charge in [0.25, 0.3) is 5.69 Å². The average molecular weight is 226 g/mol. The molecule has 0 saturated carbocycles. The maximum absolute atomic E-state index is 10.8. The standard InChI is InChI=1S/C8H6N2O6/c11-6-2-1-4(10(15)16)3-5(6)9-7(12)8(13)14/h1-3,11H,(H,9,12)(H,13,14). The number of carboxylic acids is 1. The summed E-state index contributed by atoms with van der Waals surface area (Å²) in [7, 11) is 0. The highest BCUT2D eigenvalue weighted by molar-refractivity contribution is 6.36. The van der Waals surface area contributed by atoms with Gasteiger partial charge in [-0.2, -0.15) is 0 Å². The molecule has 16 heavy (non-hydrogen) atoms. The Morgan fingerprint density at radius 1 is 1.38 bits per heavy atom. The number of aliphatic carboxylic acids is 1. The first-order valence-corrected chi connectivity index (χ1v) is 3.93. The molecule has 8 heteroatoms. The molecule has 0 atom stereocenters. The molecule has 0 aliphatic carbocycles. The summed E-state index contributed by atoms with van der Waals surface area (Å²) in [6.07, 6.45) is 0. The van der Waals surface area contributed by atoms with Crippen molar-refractivity contribution >= 4 is 23.3 Å². The van der Waals surface area contributed by atoms with E-state index >= 15 is 0 Å². The van der Waals surface area contributed by atoms with Crippen LogP contribution in [0.4, 0.5) is 11.4 Å². The first-order chi connectivity index (χ1) is 7.41. The summed E-state index contributed by atoms with van der Waals surface area (Å²) in [5, 5.41) is 29.7. The predicted octanol–water partition coefficient (Wildman–Crippen LogP) is 0.323. The number of nitrogens with zero attached hydrogens (tertiary/aromatic N) is 1. The van der Waals surface area contributed by atoms with Crippen molar-refractivity contribution in [2.45, 2.75) is 0 Å². The fraction of sp³-hybridized carbons (Fsp3) is 0. The third-order valence-corrected chi connectivity index (χ3v) is 1.63. The Labute approximate surface area is 88.3 Å². The number of anilines is 1. The van der Waals surface area contributed by atoms with Gasteiger partial charge in [-0.1, -0.05) is 0 Å². The number of benzene rings is 1. The van der Waals surface area contributed by atoms with E-state index in [0.29, 0.717) is 0 Å². The molecule has 0 fully saturated rings. The number of phenols is 1. The Morgan fingerprint density at radius 3 is 2.50 bits per heavy atom. The van der Waals surface area contributed by atoms with Gasteiger partial charge in [0.05, 0.1) is 10.6 Å². The second-order valence-electron chi connectivity index (χ2n) is 2.72. The molecular formula is C8H6N2O6. The van der Waals surface area contributed by atoms with E-state index in [-0.39, 0.29) is 11.4 Å². The summed E-state index contributed by atoms with van der Waals surface area (Å²) in [5.74, 6) is -3.61. The zero-order valence-corrected chi connectivity index (χ0v) is 7.71. The number of amides is 1. The molecule has 0 saturated heterocycles. The van der Waals surface area contributed by atoms with E-state index < -0.39 is 22.5 Å². The molecule has 0 spiro atoms. The number of carboxylic acid groups (broad SMARTS) is 1. The number of aromatic hydroxyl groups is 1. The first-order valence-electron chi connectivity index (χ1n) is 3.93. The number of nitrogens with one attached hydrogen (secondary N) is 1. The van der Waals surface area contributed by atoms with Crippen LogP contribution >= 0.6 is 0 Å². The number of carbonyl (C=O) groups is 2. The van der Waals surface area contributed by atoms with Crippen LogP contribution in [0.25, 0.3) is 0 Å². The van der Waals surface area contributed by atoms with Gasteiger partial charge in [-0.3, -0.25) is 14.9 Å². The van der Waals surface area contributed by atoms with Crippen LogP contribution in [0.5, 0.6) is 5.75 Å². The van der Waals surface area contributed by atoms with Crippen LogP contribution in [0, 0.1) is 10.1 Å². The summed E-state index contributed by atoms with van der Waals surface area (Å²) in [4.78, 5) is 30.6. The third-order valence-electron chi connectivity index (χ3n) is 1.63. The Balaban J connectivity index is 3.03.